The van der Waals surface area contributed by atoms with Crippen LogP contribution >= 0.6 is 0 Å². The molecule has 0 bridgehead atoms. The lowest BCUT2D eigenvalue weighted by atomic mass is 9.58. The molecule has 7 heteroatoms. The summed E-state index contributed by atoms with van der Waals surface area (Å²) in [6.45, 7) is 1.80. The summed E-state index contributed by atoms with van der Waals surface area (Å²) in [5.41, 5.74) is -0.375. The van der Waals surface area contributed by atoms with Crippen LogP contribution in [0.15, 0.2) is 78.9 Å². The standard InChI is InChI=1S/C27H24F4O3/c1-2-33-23-13-11-22(12-14-23)25(18-26(28,29)27(25,30)31)24(32)34-17-21-10-6-9-20(16-21)15-19-7-4-3-5-8-19/h3-14,16H,2,15,17-18H2,1H3. The molecule has 0 spiro atoms. The minimum Gasteiger partial charge on any atom is -0.494 e. The molecule has 3 aromatic carbocycles. The van der Waals surface area contributed by atoms with Gasteiger partial charge in [0.25, 0.3) is 0 Å². The third-order valence-electron chi connectivity index (χ3n) is 6.10. The maximum Gasteiger partial charge on any atom is 0.330 e. The van der Waals surface area contributed by atoms with Crippen LogP contribution in [0.1, 0.15) is 35.6 Å². The van der Waals surface area contributed by atoms with Gasteiger partial charge in [0.15, 0.2) is 5.41 Å². The number of rotatable bonds is 8. The highest BCUT2D eigenvalue weighted by Crippen LogP contribution is 2.64. The predicted octanol–water partition coefficient (Wildman–Crippen LogP) is 6.33. The van der Waals surface area contributed by atoms with Crippen molar-refractivity contribution in [2.24, 2.45) is 0 Å². The summed E-state index contributed by atoms with van der Waals surface area (Å²) in [6, 6.07) is 22.1. The number of hydrogen-bond acceptors (Lipinski definition) is 3. The van der Waals surface area contributed by atoms with Crippen molar-refractivity contribution in [1.29, 1.82) is 0 Å². The summed E-state index contributed by atoms with van der Waals surface area (Å²) >= 11 is 0. The maximum absolute atomic E-state index is 14.8. The Morgan fingerprint density at radius 1 is 0.853 bits per heavy atom. The summed E-state index contributed by atoms with van der Waals surface area (Å²) in [5, 5.41) is 0. The van der Waals surface area contributed by atoms with Crippen molar-refractivity contribution < 1.29 is 31.8 Å². The Hall–Kier alpha value is -3.35. The largest absolute Gasteiger partial charge is 0.494 e. The lowest BCUT2D eigenvalue weighted by Gasteiger charge is -2.51. The Morgan fingerprint density at radius 3 is 2.12 bits per heavy atom. The van der Waals surface area contributed by atoms with E-state index in [1.165, 1.54) is 24.3 Å². The Labute approximate surface area is 195 Å². The second-order valence-electron chi connectivity index (χ2n) is 8.38. The van der Waals surface area contributed by atoms with Crippen molar-refractivity contribution >= 4 is 5.97 Å². The number of benzene rings is 3. The van der Waals surface area contributed by atoms with Crippen molar-refractivity contribution in [3.05, 3.63) is 101 Å². The molecule has 3 nitrogen and oxygen atoms in total. The van der Waals surface area contributed by atoms with E-state index in [9.17, 15) is 22.4 Å². The van der Waals surface area contributed by atoms with E-state index in [1.54, 1.807) is 25.1 Å². The number of carbonyl (C=O) groups is 1. The highest BCUT2D eigenvalue weighted by molar-refractivity contribution is 5.87. The van der Waals surface area contributed by atoms with E-state index in [2.05, 4.69) is 0 Å². The molecular formula is C27H24F4O3. The molecule has 0 N–H and O–H groups in total. The molecule has 178 valence electrons. The summed E-state index contributed by atoms with van der Waals surface area (Å²) in [4.78, 5) is 12.9. The van der Waals surface area contributed by atoms with Crippen LogP contribution in [0.25, 0.3) is 0 Å². The lowest BCUT2D eigenvalue weighted by molar-refractivity contribution is -0.323. The zero-order valence-electron chi connectivity index (χ0n) is 18.6. The first-order chi connectivity index (χ1) is 16.2. The summed E-state index contributed by atoms with van der Waals surface area (Å²) in [7, 11) is 0. The third-order valence-corrected chi connectivity index (χ3v) is 6.10. The second kappa shape index (κ2) is 9.12. The fraction of sp³-hybridized carbons (Fsp3) is 0.296. The van der Waals surface area contributed by atoms with Gasteiger partial charge in [0.05, 0.1) is 6.61 Å². The average Bonchev–Trinajstić information content (AvgIpc) is 2.82. The van der Waals surface area contributed by atoms with E-state index >= 15 is 0 Å². The quantitative estimate of drug-likeness (QED) is 0.284. The molecule has 1 unspecified atom stereocenters. The molecule has 1 atom stereocenters. The molecule has 0 amide bonds. The van der Waals surface area contributed by atoms with E-state index in [-0.39, 0.29) is 12.2 Å². The number of hydrogen-bond donors (Lipinski definition) is 0. The first-order valence-electron chi connectivity index (χ1n) is 11.0. The molecule has 3 aromatic rings. The number of ether oxygens (including phenoxy) is 2. The smallest absolute Gasteiger partial charge is 0.330 e. The number of carbonyl (C=O) groups excluding carboxylic acids is 1. The monoisotopic (exact) mass is 472 g/mol. The molecule has 0 aromatic heterocycles. The first kappa shape index (κ1) is 23.8. The Bertz CT molecular complexity index is 1150. The third kappa shape index (κ3) is 4.15. The maximum atomic E-state index is 14.8. The van der Waals surface area contributed by atoms with Gasteiger partial charge in [-0.25, -0.2) is 0 Å². The van der Waals surface area contributed by atoms with Crippen LogP contribution in [0, 0.1) is 0 Å². The molecule has 0 radical (unpaired) electrons. The highest BCUT2D eigenvalue weighted by atomic mass is 19.3. The zero-order valence-corrected chi connectivity index (χ0v) is 18.6. The minimum absolute atomic E-state index is 0.227. The molecule has 1 saturated carbocycles. The van der Waals surface area contributed by atoms with Gasteiger partial charge in [0, 0.05) is 6.42 Å². The molecule has 1 aliphatic carbocycles. The van der Waals surface area contributed by atoms with Crippen molar-refractivity contribution in [2.75, 3.05) is 6.61 Å². The highest BCUT2D eigenvalue weighted by Gasteiger charge is 2.84. The van der Waals surface area contributed by atoms with Gasteiger partial charge in [-0.15, -0.1) is 0 Å². The van der Waals surface area contributed by atoms with E-state index in [4.69, 9.17) is 9.47 Å². The molecular weight excluding hydrogens is 448 g/mol. The van der Waals surface area contributed by atoms with E-state index < -0.39 is 29.7 Å². The summed E-state index contributed by atoms with van der Waals surface area (Å²) in [6.07, 6.45) is -0.684. The molecule has 0 heterocycles. The van der Waals surface area contributed by atoms with E-state index in [0.717, 1.165) is 11.1 Å². The van der Waals surface area contributed by atoms with Gasteiger partial charge in [-0.2, -0.15) is 17.6 Å². The van der Waals surface area contributed by atoms with Crippen molar-refractivity contribution in [3.63, 3.8) is 0 Å². The minimum atomic E-state index is -4.58. The summed E-state index contributed by atoms with van der Waals surface area (Å²) in [5.74, 6) is -9.88. The Balaban J connectivity index is 1.54. The van der Waals surface area contributed by atoms with Crippen LogP contribution in [0.2, 0.25) is 0 Å². The van der Waals surface area contributed by atoms with Crippen LogP contribution in [0.3, 0.4) is 0 Å². The Kier molecular flexibility index (Phi) is 6.39. The number of alkyl halides is 4. The fourth-order valence-corrected chi connectivity index (χ4v) is 4.30. The van der Waals surface area contributed by atoms with Crippen LogP contribution in [-0.2, 0) is 28.0 Å². The average molecular weight is 472 g/mol. The van der Waals surface area contributed by atoms with Crippen LogP contribution in [0.5, 0.6) is 5.75 Å². The van der Waals surface area contributed by atoms with E-state index in [0.29, 0.717) is 24.3 Å². The van der Waals surface area contributed by atoms with Crippen LogP contribution < -0.4 is 4.74 Å². The number of esters is 1. The van der Waals surface area contributed by atoms with Gasteiger partial charge in [0.2, 0.25) is 0 Å². The molecule has 1 aliphatic rings. The Morgan fingerprint density at radius 2 is 1.50 bits per heavy atom. The lowest BCUT2D eigenvalue weighted by Crippen LogP contribution is -2.72. The van der Waals surface area contributed by atoms with Crippen LogP contribution in [-0.4, -0.2) is 24.4 Å². The van der Waals surface area contributed by atoms with Gasteiger partial charge in [0.1, 0.15) is 12.4 Å². The van der Waals surface area contributed by atoms with Gasteiger partial charge in [-0.3, -0.25) is 4.79 Å². The normalized spacial score (nSPS) is 20.3. The topological polar surface area (TPSA) is 35.5 Å². The fourth-order valence-electron chi connectivity index (χ4n) is 4.30. The van der Waals surface area contributed by atoms with E-state index in [1.807, 2.05) is 36.4 Å². The van der Waals surface area contributed by atoms with Gasteiger partial charge in [-0.1, -0.05) is 66.7 Å². The molecule has 4 rings (SSSR count). The molecule has 34 heavy (non-hydrogen) atoms. The van der Waals surface area contributed by atoms with Crippen molar-refractivity contribution in [3.8, 4) is 5.75 Å². The zero-order chi connectivity index (χ0) is 24.4. The van der Waals surface area contributed by atoms with Crippen molar-refractivity contribution in [1.82, 2.24) is 0 Å². The SMILES string of the molecule is CCOc1ccc(C2(C(=O)OCc3cccc(Cc4ccccc4)c3)CC(F)(F)C2(F)F)cc1. The second-order valence-corrected chi connectivity index (χ2v) is 8.38. The van der Waals surface area contributed by atoms with Gasteiger partial charge < -0.3 is 9.47 Å². The number of halogens is 4. The first-order valence-corrected chi connectivity index (χ1v) is 11.0. The molecule has 1 fully saturated rings. The van der Waals surface area contributed by atoms with Gasteiger partial charge in [-0.05, 0) is 47.7 Å². The van der Waals surface area contributed by atoms with Crippen LogP contribution in [0.4, 0.5) is 17.6 Å². The molecule has 0 aliphatic heterocycles. The van der Waals surface area contributed by atoms with Crippen molar-refractivity contribution in [2.45, 2.75) is 43.6 Å². The summed E-state index contributed by atoms with van der Waals surface area (Å²) < 4.78 is 67.8. The molecule has 0 saturated heterocycles. The van der Waals surface area contributed by atoms with Gasteiger partial charge >= 0.3 is 17.8 Å². The predicted molar refractivity (Wildman–Crippen MR) is 119 cm³/mol.